The number of ether oxygens (including phenoxy) is 4. The van der Waals surface area contributed by atoms with Gasteiger partial charge in [-0.2, -0.15) is 0 Å². The summed E-state index contributed by atoms with van der Waals surface area (Å²) in [4.78, 5) is 24.3. The van der Waals surface area contributed by atoms with Gasteiger partial charge in [0.2, 0.25) is 0 Å². The molecule has 0 aromatic heterocycles. The summed E-state index contributed by atoms with van der Waals surface area (Å²) in [5.41, 5.74) is 0.468. The van der Waals surface area contributed by atoms with E-state index in [1.54, 1.807) is 24.3 Å². The fourth-order valence-corrected chi connectivity index (χ4v) is 2.14. The van der Waals surface area contributed by atoms with Gasteiger partial charge in [0.15, 0.2) is 0 Å². The molecule has 1 aromatic rings. The van der Waals surface area contributed by atoms with Crippen molar-refractivity contribution >= 4 is 11.9 Å². The van der Waals surface area contributed by atoms with Crippen LogP contribution in [0.25, 0.3) is 0 Å². The molecule has 1 aromatic carbocycles. The SMILES string of the molecule is O=C(OCC1COC1)c1ccccc1C(=O)OCC1COC1. The second-order valence-corrected chi connectivity index (χ2v) is 5.55. The molecule has 0 unspecified atom stereocenters. The lowest BCUT2D eigenvalue weighted by Crippen LogP contribution is -2.33. The van der Waals surface area contributed by atoms with Crippen LogP contribution >= 0.6 is 0 Å². The summed E-state index contributed by atoms with van der Waals surface area (Å²) in [7, 11) is 0. The minimum atomic E-state index is -0.508. The number of carbonyl (C=O) groups excluding carboxylic acids is 2. The van der Waals surface area contributed by atoms with Crippen molar-refractivity contribution in [3.05, 3.63) is 35.4 Å². The number of rotatable bonds is 6. The zero-order valence-corrected chi connectivity index (χ0v) is 12.2. The van der Waals surface area contributed by atoms with Crippen LogP contribution in [-0.2, 0) is 18.9 Å². The van der Waals surface area contributed by atoms with Crippen molar-refractivity contribution < 1.29 is 28.5 Å². The fourth-order valence-electron chi connectivity index (χ4n) is 2.14. The maximum absolute atomic E-state index is 12.1. The van der Waals surface area contributed by atoms with Gasteiger partial charge in [-0.3, -0.25) is 0 Å². The highest BCUT2D eigenvalue weighted by atomic mass is 16.6. The maximum atomic E-state index is 12.1. The number of esters is 2. The van der Waals surface area contributed by atoms with Crippen LogP contribution in [0, 0.1) is 11.8 Å². The minimum absolute atomic E-state index is 0.234. The quantitative estimate of drug-likeness (QED) is 0.738. The summed E-state index contributed by atoms with van der Waals surface area (Å²) in [6.07, 6.45) is 0. The summed E-state index contributed by atoms with van der Waals surface area (Å²) in [6, 6.07) is 6.53. The van der Waals surface area contributed by atoms with Crippen molar-refractivity contribution in [1.29, 1.82) is 0 Å². The van der Waals surface area contributed by atoms with Crippen molar-refractivity contribution in [2.75, 3.05) is 39.6 Å². The van der Waals surface area contributed by atoms with E-state index < -0.39 is 11.9 Å². The zero-order chi connectivity index (χ0) is 15.4. The molecular weight excluding hydrogens is 288 g/mol. The van der Waals surface area contributed by atoms with Crippen LogP contribution in [-0.4, -0.2) is 51.6 Å². The van der Waals surface area contributed by atoms with Crippen molar-refractivity contribution in [1.82, 2.24) is 0 Å². The molecule has 6 heteroatoms. The Hall–Kier alpha value is -1.92. The smallest absolute Gasteiger partial charge is 0.339 e. The van der Waals surface area contributed by atoms with E-state index in [4.69, 9.17) is 18.9 Å². The van der Waals surface area contributed by atoms with Gasteiger partial charge in [0.1, 0.15) is 0 Å². The molecular formula is C16H18O6. The Labute approximate surface area is 128 Å². The Kier molecular flexibility index (Phi) is 4.70. The van der Waals surface area contributed by atoms with E-state index in [9.17, 15) is 9.59 Å². The molecule has 0 aliphatic carbocycles. The molecule has 3 rings (SSSR count). The molecule has 2 fully saturated rings. The normalized spacial score (nSPS) is 18.2. The Morgan fingerprint density at radius 3 is 1.59 bits per heavy atom. The fraction of sp³-hybridized carbons (Fsp3) is 0.500. The Bertz CT molecular complexity index is 498. The third kappa shape index (κ3) is 3.45. The molecule has 22 heavy (non-hydrogen) atoms. The maximum Gasteiger partial charge on any atom is 0.339 e. The highest BCUT2D eigenvalue weighted by Gasteiger charge is 2.25. The highest BCUT2D eigenvalue weighted by Crippen LogP contribution is 2.16. The summed E-state index contributed by atoms with van der Waals surface area (Å²) in [6.45, 7) is 3.06. The largest absolute Gasteiger partial charge is 0.462 e. The van der Waals surface area contributed by atoms with Gasteiger partial charge in [-0.25, -0.2) is 9.59 Å². The second-order valence-electron chi connectivity index (χ2n) is 5.55. The van der Waals surface area contributed by atoms with Gasteiger partial charge >= 0.3 is 11.9 Å². The Morgan fingerprint density at radius 1 is 0.864 bits per heavy atom. The first-order valence-corrected chi connectivity index (χ1v) is 7.33. The van der Waals surface area contributed by atoms with Gasteiger partial charge in [-0.15, -0.1) is 0 Å². The van der Waals surface area contributed by atoms with Gasteiger partial charge in [0.25, 0.3) is 0 Å². The average Bonchev–Trinajstić information content (AvgIpc) is 2.43. The highest BCUT2D eigenvalue weighted by molar-refractivity contribution is 6.03. The molecule has 0 bridgehead atoms. The molecule has 2 saturated heterocycles. The van der Waals surface area contributed by atoms with Gasteiger partial charge in [-0.1, -0.05) is 12.1 Å². The van der Waals surface area contributed by atoms with E-state index in [-0.39, 0.29) is 23.0 Å². The molecule has 0 spiro atoms. The molecule has 0 atom stereocenters. The summed E-state index contributed by atoms with van der Waals surface area (Å²) >= 11 is 0. The third-order valence-corrected chi connectivity index (χ3v) is 3.68. The predicted molar refractivity (Wildman–Crippen MR) is 75.6 cm³/mol. The Balaban J connectivity index is 1.59. The van der Waals surface area contributed by atoms with Gasteiger partial charge < -0.3 is 18.9 Å². The summed E-state index contributed by atoms with van der Waals surface area (Å²) in [5, 5.41) is 0. The molecule has 6 nitrogen and oxygen atoms in total. The minimum Gasteiger partial charge on any atom is -0.462 e. The number of hydrogen-bond acceptors (Lipinski definition) is 6. The third-order valence-electron chi connectivity index (χ3n) is 3.68. The van der Waals surface area contributed by atoms with E-state index in [0.29, 0.717) is 39.6 Å². The molecule has 0 N–H and O–H groups in total. The van der Waals surface area contributed by atoms with Crippen molar-refractivity contribution in [3.63, 3.8) is 0 Å². The molecule has 2 heterocycles. The Morgan fingerprint density at radius 2 is 1.27 bits per heavy atom. The van der Waals surface area contributed by atoms with Gasteiger partial charge in [0, 0.05) is 11.8 Å². The summed E-state index contributed by atoms with van der Waals surface area (Å²) in [5.74, 6) is -0.513. The van der Waals surface area contributed by atoms with Crippen molar-refractivity contribution in [2.45, 2.75) is 0 Å². The molecule has 2 aliphatic rings. The molecule has 0 saturated carbocycles. The van der Waals surface area contributed by atoms with Crippen molar-refractivity contribution in [2.24, 2.45) is 11.8 Å². The predicted octanol–water partition coefficient (Wildman–Crippen LogP) is 1.29. The number of carbonyl (C=O) groups is 2. The van der Waals surface area contributed by atoms with Crippen LogP contribution in [0.5, 0.6) is 0 Å². The first-order chi connectivity index (χ1) is 10.7. The number of hydrogen-bond donors (Lipinski definition) is 0. The van der Waals surface area contributed by atoms with Crippen LogP contribution in [0.15, 0.2) is 24.3 Å². The van der Waals surface area contributed by atoms with E-state index in [0.717, 1.165) is 0 Å². The first kappa shape index (κ1) is 15.0. The van der Waals surface area contributed by atoms with E-state index in [2.05, 4.69) is 0 Å². The molecule has 2 aliphatic heterocycles. The van der Waals surface area contributed by atoms with Crippen molar-refractivity contribution in [3.8, 4) is 0 Å². The monoisotopic (exact) mass is 306 g/mol. The van der Waals surface area contributed by atoms with Gasteiger partial charge in [-0.05, 0) is 12.1 Å². The van der Waals surface area contributed by atoms with E-state index in [1.165, 1.54) is 0 Å². The van der Waals surface area contributed by atoms with Crippen LogP contribution in [0.4, 0.5) is 0 Å². The topological polar surface area (TPSA) is 71.1 Å². The van der Waals surface area contributed by atoms with Crippen LogP contribution in [0.2, 0.25) is 0 Å². The second kappa shape index (κ2) is 6.89. The standard InChI is InChI=1S/C16H18O6/c17-15(21-9-11-5-19-6-11)13-3-1-2-4-14(13)16(18)22-10-12-7-20-8-12/h1-4,11-12H,5-10H2. The lowest BCUT2D eigenvalue weighted by atomic mass is 10.1. The van der Waals surface area contributed by atoms with Crippen LogP contribution < -0.4 is 0 Å². The van der Waals surface area contributed by atoms with Crippen LogP contribution in [0.1, 0.15) is 20.7 Å². The van der Waals surface area contributed by atoms with E-state index >= 15 is 0 Å². The molecule has 118 valence electrons. The van der Waals surface area contributed by atoms with Gasteiger partial charge in [0.05, 0.1) is 50.8 Å². The first-order valence-electron chi connectivity index (χ1n) is 7.33. The molecule has 0 amide bonds. The lowest BCUT2D eigenvalue weighted by Gasteiger charge is -2.25. The average molecular weight is 306 g/mol. The number of benzene rings is 1. The summed E-state index contributed by atoms with van der Waals surface area (Å²) < 4.78 is 20.5. The lowest BCUT2D eigenvalue weighted by molar-refractivity contribution is -0.0624. The zero-order valence-electron chi connectivity index (χ0n) is 12.2. The van der Waals surface area contributed by atoms with Crippen LogP contribution in [0.3, 0.4) is 0 Å². The van der Waals surface area contributed by atoms with E-state index in [1.807, 2.05) is 0 Å². The molecule has 0 radical (unpaired) electrons.